The number of anilines is 1. The van der Waals surface area contributed by atoms with Crippen LogP contribution in [0.1, 0.15) is 19.8 Å². The fraction of sp³-hybridized carbons (Fsp3) is 0.214. The lowest BCUT2D eigenvalue weighted by Gasteiger charge is -2.09. The van der Waals surface area contributed by atoms with Crippen molar-refractivity contribution in [3.05, 3.63) is 41.8 Å². The molecule has 0 saturated heterocycles. The summed E-state index contributed by atoms with van der Waals surface area (Å²) in [4.78, 5) is 12.8. The van der Waals surface area contributed by atoms with E-state index in [1.165, 1.54) is 4.88 Å². The van der Waals surface area contributed by atoms with E-state index in [9.17, 15) is 4.79 Å². The fourth-order valence-electron chi connectivity index (χ4n) is 1.68. The summed E-state index contributed by atoms with van der Waals surface area (Å²) in [6.45, 7) is 2.00. The van der Waals surface area contributed by atoms with Crippen LogP contribution in [0.4, 0.5) is 5.69 Å². The number of thiophene rings is 1. The zero-order valence-corrected chi connectivity index (χ0v) is 10.6. The van der Waals surface area contributed by atoms with Gasteiger partial charge in [0, 0.05) is 22.5 Å². The van der Waals surface area contributed by atoms with Gasteiger partial charge in [-0.2, -0.15) is 0 Å². The second-order valence-electron chi connectivity index (χ2n) is 3.82. The predicted molar refractivity (Wildman–Crippen MR) is 73.3 cm³/mol. The Hall–Kier alpha value is -1.61. The van der Waals surface area contributed by atoms with Crippen molar-refractivity contribution in [1.82, 2.24) is 0 Å². The van der Waals surface area contributed by atoms with E-state index in [0.29, 0.717) is 6.42 Å². The zero-order valence-electron chi connectivity index (χ0n) is 9.77. The van der Waals surface area contributed by atoms with Crippen LogP contribution in [0.3, 0.4) is 0 Å². The summed E-state index contributed by atoms with van der Waals surface area (Å²) in [6.07, 6.45) is 1.44. The first-order valence-corrected chi connectivity index (χ1v) is 6.62. The number of carbonyl (C=O) groups is 1. The monoisotopic (exact) mass is 245 g/mol. The number of benzene rings is 1. The number of para-hydroxylation sites is 1. The molecule has 0 aliphatic rings. The van der Waals surface area contributed by atoms with Crippen LogP contribution in [0.25, 0.3) is 10.4 Å². The van der Waals surface area contributed by atoms with Crippen molar-refractivity contribution in [1.29, 1.82) is 0 Å². The Labute approximate surface area is 105 Å². The summed E-state index contributed by atoms with van der Waals surface area (Å²) >= 11 is 1.68. The lowest BCUT2D eigenvalue weighted by atomic mass is 10.1. The Bertz CT molecular complexity index is 491. The minimum absolute atomic E-state index is 0.0801. The van der Waals surface area contributed by atoms with Gasteiger partial charge in [-0.1, -0.05) is 31.2 Å². The number of hydrogen-bond donors (Lipinski definition) is 1. The topological polar surface area (TPSA) is 29.1 Å². The Balaban J connectivity index is 2.25. The van der Waals surface area contributed by atoms with Crippen LogP contribution >= 0.6 is 11.3 Å². The smallest absolute Gasteiger partial charge is 0.224 e. The van der Waals surface area contributed by atoms with Crippen molar-refractivity contribution in [2.45, 2.75) is 19.8 Å². The number of carbonyl (C=O) groups excluding carboxylic acids is 1. The van der Waals surface area contributed by atoms with Crippen LogP contribution in [0, 0.1) is 0 Å². The van der Waals surface area contributed by atoms with E-state index >= 15 is 0 Å². The molecule has 0 spiro atoms. The largest absolute Gasteiger partial charge is 0.325 e. The molecule has 0 bridgehead atoms. The minimum Gasteiger partial charge on any atom is -0.325 e. The first-order valence-electron chi connectivity index (χ1n) is 5.74. The van der Waals surface area contributed by atoms with Gasteiger partial charge in [-0.15, -0.1) is 11.3 Å². The molecule has 0 saturated carbocycles. The van der Waals surface area contributed by atoms with Gasteiger partial charge in [-0.05, 0) is 23.9 Å². The molecule has 1 amide bonds. The summed E-state index contributed by atoms with van der Waals surface area (Å²) < 4.78 is 0. The molecule has 2 nitrogen and oxygen atoms in total. The van der Waals surface area contributed by atoms with Crippen LogP contribution in [0.15, 0.2) is 41.8 Å². The molecule has 17 heavy (non-hydrogen) atoms. The van der Waals surface area contributed by atoms with Crippen molar-refractivity contribution in [3.63, 3.8) is 0 Å². The highest BCUT2D eigenvalue weighted by molar-refractivity contribution is 7.13. The van der Waals surface area contributed by atoms with Crippen LogP contribution in [0.2, 0.25) is 0 Å². The lowest BCUT2D eigenvalue weighted by molar-refractivity contribution is -0.116. The SMILES string of the molecule is CCCC(=O)Nc1ccccc1-c1cccs1. The first kappa shape index (κ1) is 11.9. The van der Waals surface area contributed by atoms with Crippen LogP contribution in [-0.4, -0.2) is 5.91 Å². The fourth-order valence-corrected chi connectivity index (χ4v) is 2.44. The summed E-state index contributed by atoms with van der Waals surface area (Å²) in [5, 5.41) is 5.01. The summed E-state index contributed by atoms with van der Waals surface area (Å²) in [5.74, 6) is 0.0801. The molecular formula is C14H15NOS. The highest BCUT2D eigenvalue weighted by atomic mass is 32.1. The van der Waals surface area contributed by atoms with Gasteiger partial charge in [-0.25, -0.2) is 0 Å². The highest BCUT2D eigenvalue weighted by Crippen LogP contribution is 2.31. The van der Waals surface area contributed by atoms with E-state index in [-0.39, 0.29) is 5.91 Å². The van der Waals surface area contributed by atoms with E-state index in [2.05, 4.69) is 11.4 Å². The summed E-state index contributed by atoms with van der Waals surface area (Å²) in [6, 6.07) is 12.0. The third-order valence-electron chi connectivity index (χ3n) is 2.46. The van der Waals surface area contributed by atoms with Crippen LogP contribution in [-0.2, 0) is 4.79 Å². The van der Waals surface area contributed by atoms with Gasteiger partial charge >= 0.3 is 0 Å². The van der Waals surface area contributed by atoms with Gasteiger partial charge in [-0.3, -0.25) is 4.79 Å². The van der Waals surface area contributed by atoms with Crippen molar-refractivity contribution < 1.29 is 4.79 Å². The quantitative estimate of drug-likeness (QED) is 0.861. The van der Waals surface area contributed by atoms with Crippen molar-refractivity contribution in [2.24, 2.45) is 0 Å². The molecule has 1 aromatic carbocycles. The van der Waals surface area contributed by atoms with Crippen molar-refractivity contribution in [3.8, 4) is 10.4 Å². The van der Waals surface area contributed by atoms with Crippen molar-refractivity contribution >= 4 is 22.9 Å². The summed E-state index contributed by atoms with van der Waals surface area (Å²) in [5.41, 5.74) is 1.99. The number of amides is 1. The molecule has 0 aliphatic carbocycles. The second-order valence-corrected chi connectivity index (χ2v) is 4.77. The van der Waals surface area contributed by atoms with E-state index in [1.54, 1.807) is 11.3 Å². The average molecular weight is 245 g/mol. The molecule has 1 N–H and O–H groups in total. The first-order chi connectivity index (χ1) is 8.31. The Morgan fingerprint density at radius 1 is 1.24 bits per heavy atom. The zero-order chi connectivity index (χ0) is 12.1. The molecule has 88 valence electrons. The molecule has 2 rings (SSSR count). The lowest BCUT2D eigenvalue weighted by Crippen LogP contribution is -2.11. The predicted octanol–water partition coefficient (Wildman–Crippen LogP) is 4.15. The Morgan fingerprint density at radius 2 is 2.06 bits per heavy atom. The molecule has 0 aliphatic heterocycles. The molecular weight excluding hydrogens is 230 g/mol. The highest BCUT2D eigenvalue weighted by Gasteiger charge is 2.07. The third-order valence-corrected chi connectivity index (χ3v) is 3.37. The Kier molecular flexibility index (Phi) is 3.94. The molecule has 1 heterocycles. The van der Waals surface area contributed by atoms with Gasteiger partial charge in [0.05, 0.1) is 0 Å². The van der Waals surface area contributed by atoms with Crippen LogP contribution in [0.5, 0.6) is 0 Å². The number of rotatable bonds is 4. The minimum atomic E-state index is 0.0801. The van der Waals surface area contributed by atoms with E-state index in [1.807, 2.05) is 42.6 Å². The standard InChI is InChI=1S/C14H15NOS/c1-2-6-14(16)15-12-8-4-3-7-11(12)13-9-5-10-17-13/h3-5,7-10H,2,6H2,1H3,(H,15,16). The Morgan fingerprint density at radius 3 is 2.76 bits per heavy atom. The molecule has 2 aromatic rings. The maximum Gasteiger partial charge on any atom is 0.224 e. The normalized spacial score (nSPS) is 10.2. The van der Waals surface area contributed by atoms with Gasteiger partial charge in [0.15, 0.2) is 0 Å². The summed E-state index contributed by atoms with van der Waals surface area (Å²) in [7, 11) is 0. The van der Waals surface area contributed by atoms with Gasteiger partial charge in [0.2, 0.25) is 5.91 Å². The third kappa shape index (κ3) is 2.94. The van der Waals surface area contributed by atoms with E-state index in [4.69, 9.17) is 0 Å². The van der Waals surface area contributed by atoms with Gasteiger partial charge < -0.3 is 5.32 Å². The number of nitrogens with one attached hydrogen (secondary N) is 1. The van der Waals surface area contributed by atoms with E-state index in [0.717, 1.165) is 17.7 Å². The van der Waals surface area contributed by atoms with Crippen molar-refractivity contribution in [2.75, 3.05) is 5.32 Å². The number of hydrogen-bond acceptors (Lipinski definition) is 2. The maximum atomic E-state index is 11.6. The molecule has 3 heteroatoms. The van der Waals surface area contributed by atoms with Gasteiger partial charge in [0.1, 0.15) is 0 Å². The van der Waals surface area contributed by atoms with E-state index < -0.39 is 0 Å². The molecule has 0 atom stereocenters. The molecule has 0 radical (unpaired) electrons. The second kappa shape index (κ2) is 5.64. The maximum absolute atomic E-state index is 11.6. The van der Waals surface area contributed by atoms with Crippen LogP contribution < -0.4 is 5.32 Å². The van der Waals surface area contributed by atoms with Gasteiger partial charge in [0.25, 0.3) is 0 Å². The average Bonchev–Trinajstić information content (AvgIpc) is 2.83. The molecule has 0 fully saturated rings. The molecule has 1 aromatic heterocycles. The molecule has 0 unspecified atom stereocenters.